The van der Waals surface area contributed by atoms with Gasteiger partial charge in [0.1, 0.15) is 0 Å². The van der Waals surface area contributed by atoms with E-state index in [1.54, 1.807) is 11.8 Å². The van der Waals surface area contributed by atoms with Gasteiger partial charge in [-0.1, -0.05) is 6.07 Å². The van der Waals surface area contributed by atoms with E-state index in [0.29, 0.717) is 23.7 Å². The first-order valence-electron chi connectivity index (χ1n) is 8.07. The summed E-state index contributed by atoms with van der Waals surface area (Å²) >= 11 is 1.68. The van der Waals surface area contributed by atoms with Gasteiger partial charge in [0.05, 0.1) is 5.75 Å². The lowest BCUT2D eigenvalue weighted by Crippen LogP contribution is -2.42. The first-order chi connectivity index (χ1) is 10.1. The van der Waals surface area contributed by atoms with E-state index >= 15 is 0 Å². The lowest BCUT2D eigenvalue weighted by atomic mass is 10.1. The van der Waals surface area contributed by atoms with Gasteiger partial charge in [0.2, 0.25) is 5.91 Å². The molecule has 1 unspecified atom stereocenters. The predicted molar refractivity (Wildman–Crippen MR) is 88.7 cm³/mol. The Labute approximate surface area is 132 Å². The molecule has 0 spiro atoms. The third-order valence-corrected chi connectivity index (χ3v) is 5.79. The summed E-state index contributed by atoms with van der Waals surface area (Å²) in [7, 11) is 0. The van der Waals surface area contributed by atoms with E-state index in [1.165, 1.54) is 41.7 Å². The second-order valence-electron chi connectivity index (χ2n) is 6.64. The molecule has 2 fully saturated rings. The predicted octanol–water partition coefficient (Wildman–Crippen LogP) is 4.19. The highest BCUT2D eigenvalue weighted by atomic mass is 32.2. The summed E-state index contributed by atoms with van der Waals surface area (Å²) < 4.78 is 0. The number of benzene rings is 1. The molecule has 1 atom stereocenters. The van der Waals surface area contributed by atoms with Crippen LogP contribution in [0.2, 0.25) is 0 Å². The molecule has 2 nitrogen and oxygen atoms in total. The molecule has 0 heterocycles. The van der Waals surface area contributed by atoms with Crippen molar-refractivity contribution in [1.29, 1.82) is 0 Å². The quantitative estimate of drug-likeness (QED) is 0.735. The maximum absolute atomic E-state index is 12.6. The third-order valence-electron chi connectivity index (χ3n) is 4.81. The molecule has 1 amide bonds. The number of rotatable bonds is 6. The van der Waals surface area contributed by atoms with Crippen LogP contribution in [0.5, 0.6) is 0 Å². The fourth-order valence-electron chi connectivity index (χ4n) is 2.95. The molecule has 0 N–H and O–H groups in total. The maximum atomic E-state index is 12.6. The second kappa shape index (κ2) is 6.04. The van der Waals surface area contributed by atoms with Crippen LogP contribution in [0.25, 0.3) is 0 Å². The molecule has 2 aliphatic carbocycles. The van der Waals surface area contributed by atoms with Gasteiger partial charge in [-0.25, -0.2) is 0 Å². The normalized spacial score (nSPS) is 19.4. The molecule has 21 heavy (non-hydrogen) atoms. The van der Waals surface area contributed by atoms with Gasteiger partial charge in [-0.15, -0.1) is 11.8 Å². The highest BCUT2D eigenvalue weighted by Gasteiger charge is 2.41. The molecule has 114 valence electrons. The minimum Gasteiger partial charge on any atom is -0.336 e. The van der Waals surface area contributed by atoms with Crippen LogP contribution in [0.4, 0.5) is 0 Å². The van der Waals surface area contributed by atoms with Gasteiger partial charge < -0.3 is 4.90 Å². The van der Waals surface area contributed by atoms with Gasteiger partial charge in [-0.3, -0.25) is 4.79 Å². The SMILES string of the molecule is Cc1ccc(SCC(=O)N(C2CC2)C(C)C2CC2)cc1C. The Kier molecular flexibility index (Phi) is 4.30. The number of hydrogen-bond donors (Lipinski definition) is 0. The van der Waals surface area contributed by atoms with Crippen molar-refractivity contribution >= 4 is 17.7 Å². The number of carbonyl (C=O) groups is 1. The van der Waals surface area contributed by atoms with Gasteiger partial charge in [0, 0.05) is 17.0 Å². The standard InChI is InChI=1S/C18H25NOS/c1-12-4-9-17(10-13(12)2)21-11-18(20)19(16-7-8-16)14(3)15-5-6-15/h4,9-10,14-16H,5-8,11H2,1-3H3. The number of nitrogens with zero attached hydrogens (tertiary/aromatic N) is 1. The van der Waals surface area contributed by atoms with Crippen molar-refractivity contribution in [1.82, 2.24) is 4.90 Å². The van der Waals surface area contributed by atoms with Crippen LogP contribution in [0.1, 0.15) is 43.7 Å². The van der Waals surface area contributed by atoms with E-state index in [4.69, 9.17) is 0 Å². The summed E-state index contributed by atoms with van der Waals surface area (Å²) in [5, 5.41) is 0. The Morgan fingerprint density at radius 3 is 2.52 bits per heavy atom. The Morgan fingerprint density at radius 1 is 1.24 bits per heavy atom. The van der Waals surface area contributed by atoms with Crippen LogP contribution in [-0.4, -0.2) is 28.6 Å². The van der Waals surface area contributed by atoms with E-state index in [2.05, 4.69) is 43.9 Å². The molecule has 3 heteroatoms. The van der Waals surface area contributed by atoms with Crippen LogP contribution >= 0.6 is 11.8 Å². The van der Waals surface area contributed by atoms with Crippen molar-refractivity contribution < 1.29 is 4.79 Å². The molecule has 0 radical (unpaired) electrons. The van der Waals surface area contributed by atoms with Crippen molar-refractivity contribution in [3.8, 4) is 0 Å². The average Bonchev–Trinajstić information content (AvgIpc) is 3.32. The number of aryl methyl sites for hydroxylation is 2. The zero-order chi connectivity index (χ0) is 15.0. The Morgan fingerprint density at radius 2 is 1.95 bits per heavy atom. The molecule has 0 saturated heterocycles. The molecule has 3 rings (SSSR count). The summed E-state index contributed by atoms with van der Waals surface area (Å²) in [6.07, 6.45) is 5.03. The molecule has 0 aromatic heterocycles. The Balaban J connectivity index is 1.60. The second-order valence-corrected chi connectivity index (χ2v) is 7.69. The van der Waals surface area contributed by atoms with E-state index in [-0.39, 0.29) is 0 Å². The Bertz CT molecular complexity index is 534. The van der Waals surface area contributed by atoms with E-state index in [0.717, 1.165) is 5.92 Å². The van der Waals surface area contributed by atoms with Gasteiger partial charge in [-0.05, 0) is 75.6 Å². The maximum Gasteiger partial charge on any atom is 0.233 e. The van der Waals surface area contributed by atoms with Crippen molar-refractivity contribution in [2.75, 3.05) is 5.75 Å². The van der Waals surface area contributed by atoms with Gasteiger partial charge in [0.25, 0.3) is 0 Å². The van der Waals surface area contributed by atoms with Crippen molar-refractivity contribution in [3.05, 3.63) is 29.3 Å². The summed E-state index contributed by atoms with van der Waals surface area (Å²) in [5.74, 6) is 1.68. The monoisotopic (exact) mass is 303 g/mol. The first kappa shape index (κ1) is 15.0. The molecule has 1 aromatic carbocycles. The van der Waals surface area contributed by atoms with Gasteiger partial charge in [0.15, 0.2) is 0 Å². The van der Waals surface area contributed by atoms with Crippen molar-refractivity contribution in [2.45, 2.75) is 63.4 Å². The minimum absolute atomic E-state index is 0.333. The molecular formula is C18H25NOS. The zero-order valence-electron chi connectivity index (χ0n) is 13.3. The zero-order valence-corrected chi connectivity index (χ0v) is 14.1. The highest BCUT2D eigenvalue weighted by molar-refractivity contribution is 8.00. The van der Waals surface area contributed by atoms with Crippen molar-refractivity contribution in [2.24, 2.45) is 5.92 Å². The largest absolute Gasteiger partial charge is 0.336 e. The van der Waals surface area contributed by atoms with E-state index in [9.17, 15) is 4.79 Å². The van der Waals surface area contributed by atoms with Crippen LogP contribution in [0.15, 0.2) is 23.1 Å². The number of hydrogen-bond acceptors (Lipinski definition) is 2. The lowest BCUT2D eigenvalue weighted by Gasteiger charge is -2.29. The fourth-order valence-corrected chi connectivity index (χ4v) is 3.81. The topological polar surface area (TPSA) is 20.3 Å². The van der Waals surface area contributed by atoms with Crippen molar-refractivity contribution in [3.63, 3.8) is 0 Å². The summed E-state index contributed by atoms with van der Waals surface area (Å²) in [6, 6.07) is 7.46. The first-order valence-corrected chi connectivity index (χ1v) is 9.06. The van der Waals surface area contributed by atoms with Crippen LogP contribution in [-0.2, 0) is 4.79 Å². The molecule has 0 bridgehead atoms. The number of carbonyl (C=O) groups excluding carboxylic acids is 1. The number of thioether (sulfide) groups is 1. The fraction of sp³-hybridized carbons (Fsp3) is 0.611. The van der Waals surface area contributed by atoms with Crippen LogP contribution in [0.3, 0.4) is 0 Å². The van der Waals surface area contributed by atoms with E-state index < -0.39 is 0 Å². The van der Waals surface area contributed by atoms with Crippen LogP contribution < -0.4 is 0 Å². The summed E-state index contributed by atoms with van der Waals surface area (Å²) in [6.45, 7) is 6.50. The van der Waals surface area contributed by atoms with Crippen LogP contribution in [0, 0.1) is 19.8 Å². The molecule has 0 aliphatic heterocycles. The third kappa shape index (κ3) is 3.63. The summed E-state index contributed by atoms with van der Waals surface area (Å²) in [5.41, 5.74) is 2.62. The number of amides is 1. The van der Waals surface area contributed by atoms with Gasteiger partial charge >= 0.3 is 0 Å². The molecular weight excluding hydrogens is 278 g/mol. The highest BCUT2D eigenvalue weighted by Crippen LogP contribution is 2.40. The summed E-state index contributed by atoms with van der Waals surface area (Å²) in [4.78, 5) is 16.0. The Hall–Kier alpha value is -0.960. The molecule has 2 saturated carbocycles. The minimum atomic E-state index is 0.333. The average molecular weight is 303 g/mol. The van der Waals surface area contributed by atoms with E-state index in [1.807, 2.05) is 0 Å². The van der Waals surface area contributed by atoms with Gasteiger partial charge in [-0.2, -0.15) is 0 Å². The lowest BCUT2D eigenvalue weighted by molar-refractivity contribution is -0.131. The molecule has 1 aromatic rings. The molecule has 2 aliphatic rings. The smallest absolute Gasteiger partial charge is 0.233 e.